The van der Waals surface area contributed by atoms with E-state index in [4.69, 9.17) is 0 Å². The number of amides is 2. The Hall–Kier alpha value is -3.06. The number of phenolic OH excluding ortho intramolecular Hbond substituents is 1. The Morgan fingerprint density at radius 1 is 1.03 bits per heavy atom. The van der Waals surface area contributed by atoms with Gasteiger partial charge in [-0.25, -0.2) is 0 Å². The van der Waals surface area contributed by atoms with E-state index in [1.165, 1.54) is 11.3 Å². The van der Waals surface area contributed by atoms with Crippen LogP contribution in [0.15, 0.2) is 48.5 Å². The Bertz CT molecular complexity index is 938. The number of carbonyl (C=O) groups is 2. The minimum Gasteiger partial charge on any atom is -0.508 e. The number of anilines is 2. The number of carbonyl (C=O) groups excluding carboxylic acids is 2. The number of piperazine rings is 1. The smallest absolute Gasteiger partial charge is 0.236 e. The molecule has 0 aromatic heterocycles. The second-order valence-electron chi connectivity index (χ2n) is 8.65. The standard InChI is InChI=1S/C25H32N4O3/c1-2-19-4-3-5-22(16-19)28-12-14-29(15-13-28)24(31)18-27-11-10-20(17-27)25(32)26-21-6-8-23(30)9-7-21/h3-9,16,20,30H,2,10-15,17-18H2,1H3,(H,26,32). The van der Waals surface area contributed by atoms with Crippen LogP contribution in [-0.4, -0.2) is 72.5 Å². The van der Waals surface area contributed by atoms with Crippen molar-refractivity contribution in [2.24, 2.45) is 5.92 Å². The Kier molecular flexibility index (Phi) is 6.95. The van der Waals surface area contributed by atoms with Crippen LogP contribution in [0.1, 0.15) is 18.9 Å². The molecule has 1 atom stereocenters. The molecule has 2 N–H and O–H groups in total. The molecule has 4 rings (SSSR count). The molecular formula is C25H32N4O3. The van der Waals surface area contributed by atoms with Crippen LogP contribution in [0.5, 0.6) is 5.75 Å². The van der Waals surface area contributed by atoms with E-state index in [2.05, 4.69) is 46.3 Å². The van der Waals surface area contributed by atoms with Crippen molar-refractivity contribution in [3.05, 3.63) is 54.1 Å². The van der Waals surface area contributed by atoms with Gasteiger partial charge in [0.1, 0.15) is 5.75 Å². The molecule has 7 nitrogen and oxygen atoms in total. The minimum atomic E-state index is -0.126. The highest BCUT2D eigenvalue weighted by Crippen LogP contribution is 2.21. The van der Waals surface area contributed by atoms with E-state index in [9.17, 15) is 14.7 Å². The van der Waals surface area contributed by atoms with Gasteiger partial charge >= 0.3 is 0 Å². The first kappa shape index (κ1) is 22.1. The lowest BCUT2D eigenvalue weighted by atomic mass is 10.1. The van der Waals surface area contributed by atoms with Gasteiger partial charge in [0, 0.05) is 44.1 Å². The average Bonchev–Trinajstić information content (AvgIpc) is 3.29. The van der Waals surface area contributed by atoms with Crippen LogP contribution in [-0.2, 0) is 16.0 Å². The third kappa shape index (κ3) is 5.40. The average molecular weight is 437 g/mol. The maximum atomic E-state index is 12.8. The van der Waals surface area contributed by atoms with Crippen molar-refractivity contribution < 1.29 is 14.7 Å². The summed E-state index contributed by atoms with van der Waals surface area (Å²) in [5.41, 5.74) is 3.24. The number of likely N-dealkylation sites (tertiary alicyclic amines) is 1. The van der Waals surface area contributed by atoms with E-state index in [1.807, 2.05) is 4.90 Å². The van der Waals surface area contributed by atoms with E-state index >= 15 is 0 Å². The molecule has 2 aromatic rings. The Balaban J connectivity index is 1.22. The normalized spacial score (nSPS) is 19.2. The summed E-state index contributed by atoms with van der Waals surface area (Å²) in [5.74, 6) is 0.156. The number of nitrogens with one attached hydrogen (secondary N) is 1. The van der Waals surface area contributed by atoms with Gasteiger partial charge in [0.15, 0.2) is 0 Å². The van der Waals surface area contributed by atoms with Crippen LogP contribution in [0.2, 0.25) is 0 Å². The minimum absolute atomic E-state index is 0.0337. The first-order valence-electron chi connectivity index (χ1n) is 11.5. The third-order valence-electron chi connectivity index (χ3n) is 6.45. The number of aromatic hydroxyl groups is 1. The first-order chi connectivity index (χ1) is 15.5. The van der Waals surface area contributed by atoms with Gasteiger partial charge in [-0.05, 0) is 61.3 Å². The molecular weight excluding hydrogens is 404 g/mol. The number of aryl methyl sites for hydroxylation is 1. The Morgan fingerprint density at radius 2 is 1.78 bits per heavy atom. The molecule has 2 amide bonds. The van der Waals surface area contributed by atoms with Gasteiger partial charge in [0.25, 0.3) is 0 Å². The SMILES string of the molecule is CCc1cccc(N2CCN(C(=O)CN3CCC(C(=O)Nc4ccc(O)cc4)C3)CC2)c1. The predicted molar refractivity (Wildman–Crippen MR) is 126 cm³/mol. The van der Waals surface area contributed by atoms with Crippen LogP contribution in [0, 0.1) is 5.92 Å². The predicted octanol–water partition coefficient (Wildman–Crippen LogP) is 2.56. The zero-order chi connectivity index (χ0) is 22.5. The summed E-state index contributed by atoms with van der Waals surface area (Å²) < 4.78 is 0. The van der Waals surface area contributed by atoms with Gasteiger partial charge in [-0.3, -0.25) is 14.5 Å². The van der Waals surface area contributed by atoms with Gasteiger partial charge < -0.3 is 20.2 Å². The molecule has 170 valence electrons. The molecule has 1 unspecified atom stereocenters. The number of hydrogen-bond donors (Lipinski definition) is 2. The molecule has 2 saturated heterocycles. The van der Waals surface area contributed by atoms with Gasteiger partial charge in [-0.1, -0.05) is 19.1 Å². The van der Waals surface area contributed by atoms with E-state index in [0.717, 1.165) is 45.6 Å². The summed E-state index contributed by atoms with van der Waals surface area (Å²) >= 11 is 0. The van der Waals surface area contributed by atoms with Crippen LogP contribution < -0.4 is 10.2 Å². The molecule has 2 aliphatic heterocycles. The van der Waals surface area contributed by atoms with Crippen molar-refractivity contribution in [1.29, 1.82) is 0 Å². The second-order valence-corrected chi connectivity index (χ2v) is 8.65. The highest BCUT2D eigenvalue weighted by Gasteiger charge is 2.31. The van der Waals surface area contributed by atoms with Crippen molar-refractivity contribution in [3.63, 3.8) is 0 Å². The molecule has 7 heteroatoms. The fourth-order valence-corrected chi connectivity index (χ4v) is 4.46. The lowest BCUT2D eigenvalue weighted by Gasteiger charge is -2.37. The van der Waals surface area contributed by atoms with Crippen LogP contribution in [0.25, 0.3) is 0 Å². The topological polar surface area (TPSA) is 76.1 Å². The second kappa shape index (κ2) is 10.0. The molecule has 0 aliphatic carbocycles. The quantitative estimate of drug-likeness (QED) is 0.681. The van der Waals surface area contributed by atoms with Gasteiger partial charge in [0.05, 0.1) is 12.5 Å². The number of phenols is 1. The molecule has 2 fully saturated rings. The lowest BCUT2D eigenvalue weighted by Crippen LogP contribution is -2.51. The molecule has 32 heavy (non-hydrogen) atoms. The summed E-state index contributed by atoms with van der Waals surface area (Å²) in [5, 5.41) is 12.3. The van der Waals surface area contributed by atoms with Crippen molar-refractivity contribution in [2.75, 3.05) is 56.0 Å². The molecule has 2 aliphatic rings. The van der Waals surface area contributed by atoms with Crippen molar-refractivity contribution in [2.45, 2.75) is 19.8 Å². The Morgan fingerprint density at radius 3 is 2.50 bits per heavy atom. The fraction of sp³-hybridized carbons (Fsp3) is 0.440. The zero-order valence-electron chi connectivity index (χ0n) is 18.7. The highest BCUT2D eigenvalue weighted by atomic mass is 16.3. The lowest BCUT2D eigenvalue weighted by molar-refractivity contribution is -0.132. The van der Waals surface area contributed by atoms with Crippen LogP contribution in [0.4, 0.5) is 11.4 Å². The van der Waals surface area contributed by atoms with Crippen molar-refractivity contribution in [3.8, 4) is 5.75 Å². The summed E-state index contributed by atoms with van der Waals surface area (Å²) in [6, 6.07) is 15.1. The highest BCUT2D eigenvalue weighted by molar-refractivity contribution is 5.93. The van der Waals surface area contributed by atoms with Crippen molar-refractivity contribution >= 4 is 23.2 Å². The van der Waals surface area contributed by atoms with Crippen LogP contribution in [0.3, 0.4) is 0 Å². The largest absolute Gasteiger partial charge is 0.508 e. The van der Waals surface area contributed by atoms with Gasteiger partial charge in [-0.2, -0.15) is 0 Å². The molecule has 2 aromatic carbocycles. The van der Waals surface area contributed by atoms with Gasteiger partial charge in [0.2, 0.25) is 11.8 Å². The fourth-order valence-electron chi connectivity index (χ4n) is 4.46. The van der Waals surface area contributed by atoms with E-state index < -0.39 is 0 Å². The van der Waals surface area contributed by atoms with Gasteiger partial charge in [-0.15, -0.1) is 0 Å². The third-order valence-corrected chi connectivity index (χ3v) is 6.45. The molecule has 0 radical (unpaired) electrons. The summed E-state index contributed by atoms with van der Waals surface area (Å²) in [7, 11) is 0. The summed E-state index contributed by atoms with van der Waals surface area (Å²) in [4.78, 5) is 31.8. The maximum Gasteiger partial charge on any atom is 0.236 e. The number of benzene rings is 2. The summed E-state index contributed by atoms with van der Waals surface area (Å²) in [6.45, 7) is 7.03. The van der Waals surface area contributed by atoms with E-state index in [0.29, 0.717) is 18.8 Å². The summed E-state index contributed by atoms with van der Waals surface area (Å²) in [6.07, 6.45) is 1.77. The molecule has 0 spiro atoms. The maximum absolute atomic E-state index is 12.8. The number of hydrogen-bond acceptors (Lipinski definition) is 5. The molecule has 0 saturated carbocycles. The monoisotopic (exact) mass is 436 g/mol. The molecule has 0 bridgehead atoms. The number of rotatable bonds is 6. The van der Waals surface area contributed by atoms with E-state index in [1.54, 1.807) is 24.3 Å². The van der Waals surface area contributed by atoms with E-state index in [-0.39, 0.29) is 23.5 Å². The first-order valence-corrected chi connectivity index (χ1v) is 11.5. The Labute approximate surface area is 189 Å². The molecule has 2 heterocycles. The zero-order valence-corrected chi connectivity index (χ0v) is 18.7. The van der Waals surface area contributed by atoms with Crippen LogP contribution >= 0.6 is 0 Å². The number of nitrogens with zero attached hydrogens (tertiary/aromatic N) is 3. The van der Waals surface area contributed by atoms with Crippen molar-refractivity contribution in [1.82, 2.24) is 9.80 Å².